The van der Waals surface area contributed by atoms with Gasteiger partial charge in [-0.3, -0.25) is 24.2 Å². The second-order valence-corrected chi connectivity index (χ2v) is 7.93. The van der Waals surface area contributed by atoms with Gasteiger partial charge in [0.05, 0.1) is 24.1 Å². The van der Waals surface area contributed by atoms with Crippen molar-refractivity contribution < 1.29 is 18.8 Å². The minimum Gasteiger partial charge on any atom is -0.467 e. The summed E-state index contributed by atoms with van der Waals surface area (Å²) < 4.78 is 5.46. The highest BCUT2D eigenvalue weighted by Crippen LogP contribution is 2.45. The Balaban J connectivity index is 1.65. The molecule has 3 amide bonds. The monoisotopic (exact) mass is 435 g/mol. The summed E-state index contributed by atoms with van der Waals surface area (Å²) in [5, 5.41) is 3.32. The minimum atomic E-state index is -1.52. The number of hydrogen-bond donors (Lipinski definition) is 1. The van der Waals surface area contributed by atoms with E-state index in [0.29, 0.717) is 27.7 Å². The van der Waals surface area contributed by atoms with Crippen molar-refractivity contribution in [2.45, 2.75) is 25.0 Å². The number of fused-ring (bicyclic) bond motifs is 3. The van der Waals surface area contributed by atoms with Crippen LogP contribution in [0.25, 0.3) is 0 Å². The summed E-state index contributed by atoms with van der Waals surface area (Å²) in [6.07, 6.45) is 1.81. The van der Waals surface area contributed by atoms with Crippen molar-refractivity contribution in [1.82, 2.24) is 4.90 Å². The Morgan fingerprint density at radius 1 is 1.10 bits per heavy atom. The van der Waals surface area contributed by atoms with Crippen molar-refractivity contribution in [3.05, 3.63) is 83.3 Å². The van der Waals surface area contributed by atoms with E-state index in [0.717, 1.165) is 0 Å². The molecule has 3 heterocycles. The molecule has 0 spiro atoms. The molecule has 2 aliphatic heterocycles. The van der Waals surface area contributed by atoms with Gasteiger partial charge >= 0.3 is 0 Å². The number of amides is 3. The third kappa shape index (κ3) is 3.00. The first-order valence-corrected chi connectivity index (χ1v) is 10.2. The zero-order valence-electron chi connectivity index (χ0n) is 16.4. The summed E-state index contributed by atoms with van der Waals surface area (Å²) in [6.45, 7) is 0.0485. The summed E-state index contributed by atoms with van der Waals surface area (Å²) >= 11 is 6.07. The van der Waals surface area contributed by atoms with Crippen LogP contribution in [0, 0.1) is 0 Å². The molecule has 0 aliphatic carbocycles. The Morgan fingerprint density at radius 3 is 2.71 bits per heavy atom. The van der Waals surface area contributed by atoms with Gasteiger partial charge < -0.3 is 9.73 Å². The number of halogens is 1. The number of rotatable bonds is 4. The van der Waals surface area contributed by atoms with Gasteiger partial charge in [-0.1, -0.05) is 29.8 Å². The minimum absolute atomic E-state index is 0.0485. The Kier molecular flexibility index (Phi) is 4.55. The van der Waals surface area contributed by atoms with Crippen molar-refractivity contribution in [3.8, 4) is 0 Å². The summed E-state index contributed by atoms with van der Waals surface area (Å²) in [5.41, 5.74) is -0.227. The van der Waals surface area contributed by atoms with Crippen molar-refractivity contribution in [3.63, 3.8) is 0 Å². The normalized spacial score (nSPS) is 19.9. The number of carbonyl (C=O) groups is 3. The zero-order chi connectivity index (χ0) is 21.6. The molecule has 1 fully saturated rings. The third-order valence-electron chi connectivity index (χ3n) is 5.71. The van der Waals surface area contributed by atoms with E-state index in [1.165, 1.54) is 16.1 Å². The largest absolute Gasteiger partial charge is 0.467 e. The van der Waals surface area contributed by atoms with Crippen molar-refractivity contribution in [2.75, 3.05) is 10.2 Å². The third-order valence-corrected chi connectivity index (χ3v) is 5.95. The van der Waals surface area contributed by atoms with E-state index in [9.17, 15) is 14.4 Å². The predicted molar refractivity (Wildman–Crippen MR) is 115 cm³/mol. The van der Waals surface area contributed by atoms with Crippen molar-refractivity contribution >= 4 is 40.7 Å². The lowest BCUT2D eigenvalue weighted by Crippen LogP contribution is -2.69. The van der Waals surface area contributed by atoms with E-state index in [1.807, 2.05) is 0 Å². The van der Waals surface area contributed by atoms with Crippen LogP contribution < -0.4 is 10.2 Å². The maximum Gasteiger partial charge on any atom is 0.271 e. The van der Waals surface area contributed by atoms with Gasteiger partial charge in [0, 0.05) is 23.6 Å². The Hall–Kier alpha value is -3.58. The summed E-state index contributed by atoms with van der Waals surface area (Å²) in [5.74, 6) is -0.512. The van der Waals surface area contributed by atoms with Gasteiger partial charge in [-0.2, -0.15) is 0 Å². The summed E-state index contributed by atoms with van der Waals surface area (Å²) in [6, 6.07) is 17.0. The van der Waals surface area contributed by atoms with Crippen LogP contribution in [-0.2, 0) is 16.1 Å². The first kappa shape index (κ1) is 19.4. The maximum atomic E-state index is 13.7. The van der Waals surface area contributed by atoms with Crippen LogP contribution in [0.4, 0.5) is 11.4 Å². The molecule has 7 nitrogen and oxygen atoms in total. The Morgan fingerprint density at radius 2 is 1.94 bits per heavy atom. The maximum absolute atomic E-state index is 13.7. The lowest BCUT2D eigenvalue weighted by Gasteiger charge is -2.48. The van der Waals surface area contributed by atoms with E-state index < -0.39 is 11.6 Å². The fourth-order valence-corrected chi connectivity index (χ4v) is 4.55. The van der Waals surface area contributed by atoms with Crippen LogP contribution in [-0.4, -0.2) is 28.3 Å². The average Bonchev–Trinajstić information content (AvgIpc) is 3.39. The molecule has 0 bridgehead atoms. The van der Waals surface area contributed by atoms with E-state index in [4.69, 9.17) is 16.0 Å². The fraction of sp³-hybridized carbons (Fsp3) is 0.174. The molecule has 3 aromatic rings. The van der Waals surface area contributed by atoms with Gasteiger partial charge in [-0.15, -0.1) is 0 Å². The van der Waals surface area contributed by atoms with Crippen LogP contribution in [0.5, 0.6) is 0 Å². The van der Waals surface area contributed by atoms with Gasteiger partial charge in [-0.05, 0) is 42.5 Å². The van der Waals surface area contributed by atoms with Crippen LogP contribution in [0.2, 0.25) is 5.02 Å². The molecule has 1 aromatic heterocycles. The Labute approximate surface area is 183 Å². The number of hydrogen-bond acceptors (Lipinski definition) is 4. The molecular formula is C23H18ClN3O4. The van der Waals surface area contributed by atoms with E-state index in [1.54, 1.807) is 60.7 Å². The first-order valence-electron chi connectivity index (χ1n) is 9.84. The first-order chi connectivity index (χ1) is 15.0. The molecule has 0 saturated carbocycles. The number of anilines is 2. The number of nitrogens with zero attached hydrogens (tertiary/aromatic N) is 2. The Bertz CT molecular complexity index is 1190. The number of nitrogens with one attached hydrogen (secondary N) is 1. The molecule has 2 aliphatic rings. The highest BCUT2D eigenvalue weighted by Gasteiger charge is 2.61. The topological polar surface area (TPSA) is 82.9 Å². The van der Waals surface area contributed by atoms with Crippen LogP contribution in [0.1, 0.15) is 29.0 Å². The molecule has 2 aromatic carbocycles. The van der Waals surface area contributed by atoms with Gasteiger partial charge in [0.2, 0.25) is 11.6 Å². The lowest BCUT2D eigenvalue weighted by molar-refractivity contribution is -0.129. The highest BCUT2D eigenvalue weighted by molar-refractivity contribution is 6.31. The smallest absolute Gasteiger partial charge is 0.271 e. The van der Waals surface area contributed by atoms with E-state index >= 15 is 0 Å². The second-order valence-electron chi connectivity index (χ2n) is 7.50. The summed E-state index contributed by atoms with van der Waals surface area (Å²) in [4.78, 5) is 43.2. The summed E-state index contributed by atoms with van der Waals surface area (Å²) in [7, 11) is 0. The highest BCUT2D eigenvalue weighted by atomic mass is 35.5. The lowest BCUT2D eigenvalue weighted by atomic mass is 9.95. The molecule has 1 N–H and O–H groups in total. The molecule has 8 heteroatoms. The second kappa shape index (κ2) is 7.28. The van der Waals surface area contributed by atoms with Crippen molar-refractivity contribution in [2.24, 2.45) is 0 Å². The number of benzene rings is 2. The molecule has 0 unspecified atom stereocenters. The van der Waals surface area contributed by atoms with Crippen LogP contribution in [0.3, 0.4) is 0 Å². The van der Waals surface area contributed by atoms with E-state index in [2.05, 4.69) is 5.32 Å². The molecular weight excluding hydrogens is 418 g/mol. The van der Waals surface area contributed by atoms with Gasteiger partial charge in [-0.25, -0.2) is 0 Å². The van der Waals surface area contributed by atoms with Crippen molar-refractivity contribution in [1.29, 1.82) is 0 Å². The number of furan rings is 1. The molecule has 0 radical (unpaired) electrons. The van der Waals surface area contributed by atoms with Crippen LogP contribution >= 0.6 is 11.6 Å². The predicted octanol–water partition coefficient (Wildman–Crippen LogP) is 4.05. The zero-order valence-corrected chi connectivity index (χ0v) is 17.1. The fourth-order valence-electron chi connectivity index (χ4n) is 4.36. The molecule has 156 valence electrons. The van der Waals surface area contributed by atoms with E-state index in [-0.39, 0.29) is 31.2 Å². The quantitative estimate of drug-likeness (QED) is 0.670. The molecule has 1 atom stereocenters. The average molecular weight is 436 g/mol. The SMILES string of the molecule is O=C1c2ccccc2N2C(=O)CC[C@@]2(C(=O)Nc2cccc(Cl)c2)N1Cc1ccco1. The van der Waals surface area contributed by atoms with Gasteiger partial charge in [0.1, 0.15) is 5.76 Å². The number of para-hydroxylation sites is 1. The number of carbonyl (C=O) groups excluding carboxylic acids is 3. The molecule has 1 saturated heterocycles. The molecule has 5 rings (SSSR count). The van der Waals surface area contributed by atoms with Gasteiger partial charge in [0.25, 0.3) is 11.8 Å². The standard InChI is InChI=1S/C23H18ClN3O4/c24-15-5-3-6-16(13-15)25-22(30)23-11-10-20(28)27(23)19-9-2-1-8-18(19)21(29)26(23)14-17-7-4-12-31-17/h1-9,12-13H,10-11,14H2,(H,25,30)/t23-/m1/s1. The molecule has 31 heavy (non-hydrogen) atoms. The van der Waals surface area contributed by atoms with Crippen LogP contribution in [0.15, 0.2) is 71.3 Å². The van der Waals surface area contributed by atoms with Gasteiger partial charge in [0.15, 0.2) is 0 Å².